The lowest BCUT2D eigenvalue weighted by Gasteiger charge is -2.12. The van der Waals surface area contributed by atoms with Crippen molar-refractivity contribution in [1.29, 1.82) is 0 Å². The third kappa shape index (κ3) is 3.27. The fraction of sp³-hybridized carbons (Fsp3) is 0.308. The molecule has 0 fully saturated rings. The fourth-order valence-electron chi connectivity index (χ4n) is 1.77. The van der Waals surface area contributed by atoms with Gasteiger partial charge in [0.25, 0.3) is 0 Å². The number of halogens is 3. The molecule has 0 saturated carbocycles. The largest absolute Gasteiger partial charge is 0.482 e. The molecular weight excluding hydrogens is 257 g/mol. The SMILES string of the molecule is CCNc1ccnc2c(OCC(F)(F)F)cccc12. The van der Waals surface area contributed by atoms with Crippen LogP contribution in [0.4, 0.5) is 18.9 Å². The molecule has 0 spiro atoms. The Bertz CT molecular complexity index is 569. The van der Waals surface area contributed by atoms with Gasteiger partial charge in [0.1, 0.15) is 11.3 Å². The van der Waals surface area contributed by atoms with Crippen molar-refractivity contribution in [2.75, 3.05) is 18.5 Å². The molecule has 3 nitrogen and oxygen atoms in total. The summed E-state index contributed by atoms with van der Waals surface area (Å²) in [6, 6.07) is 6.70. The number of ether oxygens (including phenoxy) is 1. The number of hydrogen-bond donors (Lipinski definition) is 1. The molecule has 0 aliphatic rings. The highest BCUT2D eigenvalue weighted by atomic mass is 19.4. The van der Waals surface area contributed by atoms with Crippen molar-refractivity contribution >= 4 is 16.6 Å². The molecule has 19 heavy (non-hydrogen) atoms. The number of nitrogens with one attached hydrogen (secondary N) is 1. The molecule has 0 unspecified atom stereocenters. The Labute approximate surface area is 108 Å². The Morgan fingerprint density at radius 3 is 2.74 bits per heavy atom. The Hall–Kier alpha value is -1.98. The molecule has 0 aliphatic heterocycles. The summed E-state index contributed by atoms with van der Waals surface area (Å²) in [6.07, 6.45) is -2.82. The number of anilines is 1. The summed E-state index contributed by atoms with van der Waals surface area (Å²) in [5.74, 6) is 0.134. The highest BCUT2D eigenvalue weighted by Crippen LogP contribution is 2.29. The summed E-state index contributed by atoms with van der Waals surface area (Å²) < 4.78 is 41.4. The monoisotopic (exact) mass is 270 g/mol. The lowest BCUT2D eigenvalue weighted by molar-refractivity contribution is -0.153. The van der Waals surface area contributed by atoms with Crippen LogP contribution in [0, 0.1) is 0 Å². The molecule has 0 amide bonds. The molecule has 0 aliphatic carbocycles. The maximum Gasteiger partial charge on any atom is 0.422 e. The van der Waals surface area contributed by atoms with E-state index in [9.17, 15) is 13.2 Å². The van der Waals surface area contributed by atoms with E-state index in [-0.39, 0.29) is 5.75 Å². The van der Waals surface area contributed by atoms with Gasteiger partial charge in [-0.25, -0.2) is 0 Å². The van der Waals surface area contributed by atoms with Gasteiger partial charge in [0.05, 0.1) is 0 Å². The Balaban J connectivity index is 2.37. The van der Waals surface area contributed by atoms with Crippen LogP contribution in [0.15, 0.2) is 30.5 Å². The fourth-order valence-corrected chi connectivity index (χ4v) is 1.77. The van der Waals surface area contributed by atoms with Crippen molar-refractivity contribution in [3.63, 3.8) is 0 Å². The van der Waals surface area contributed by atoms with Gasteiger partial charge in [0.15, 0.2) is 6.61 Å². The van der Waals surface area contributed by atoms with Crippen LogP contribution in [0.3, 0.4) is 0 Å². The molecule has 1 aromatic heterocycles. The maximum atomic E-state index is 12.2. The first kappa shape index (κ1) is 13.5. The number of rotatable bonds is 4. The van der Waals surface area contributed by atoms with Crippen LogP contribution in [-0.4, -0.2) is 24.3 Å². The lowest BCUT2D eigenvalue weighted by atomic mass is 10.1. The van der Waals surface area contributed by atoms with Gasteiger partial charge >= 0.3 is 6.18 Å². The topological polar surface area (TPSA) is 34.2 Å². The second-order valence-electron chi connectivity index (χ2n) is 3.95. The van der Waals surface area contributed by atoms with Crippen molar-refractivity contribution in [2.24, 2.45) is 0 Å². The van der Waals surface area contributed by atoms with E-state index in [0.717, 1.165) is 11.1 Å². The molecule has 0 atom stereocenters. The first-order valence-corrected chi connectivity index (χ1v) is 5.82. The number of para-hydroxylation sites is 1. The standard InChI is InChI=1S/C13H13F3N2O/c1-2-17-10-6-7-18-12-9(10)4-3-5-11(12)19-8-13(14,15)16/h3-7H,2,8H2,1H3,(H,17,18). The summed E-state index contributed by atoms with van der Waals surface area (Å²) >= 11 is 0. The van der Waals surface area contributed by atoms with E-state index in [0.29, 0.717) is 12.1 Å². The van der Waals surface area contributed by atoms with E-state index >= 15 is 0 Å². The number of nitrogens with zero attached hydrogens (tertiary/aromatic N) is 1. The number of alkyl halides is 3. The van der Waals surface area contributed by atoms with Crippen LogP contribution in [0.25, 0.3) is 10.9 Å². The number of aromatic nitrogens is 1. The van der Waals surface area contributed by atoms with Crippen molar-refractivity contribution in [3.05, 3.63) is 30.5 Å². The second kappa shape index (κ2) is 5.34. The Morgan fingerprint density at radius 1 is 1.26 bits per heavy atom. The average Bonchev–Trinajstić information content (AvgIpc) is 2.36. The summed E-state index contributed by atoms with van der Waals surface area (Å²) in [4.78, 5) is 4.09. The minimum atomic E-state index is -4.36. The van der Waals surface area contributed by atoms with E-state index in [1.165, 1.54) is 6.07 Å². The van der Waals surface area contributed by atoms with E-state index in [1.807, 2.05) is 6.92 Å². The molecule has 0 bridgehead atoms. The van der Waals surface area contributed by atoms with Gasteiger partial charge in [-0.05, 0) is 19.1 Å². The molecule has 2 aromatic rings. The van der Waals surface area contributed by atoms with Gasteiger partial charge in [-0.1, -0.05) is 12.1 Å². The molecule has 1 aromatic carbocycles. The summed E-state index contributed by atoms with van der Waals surface area (Å²) in [6.45, 7) is 1.34. The molecule has 0 radical (unpaired) electrons. The third-order valence-electron chi connectivity index (χ3n) is 2.49. The lowest BCUT2D eigenvalue weighted by Crippen LogP contribution is -2.19. The van der Waals surface area contributed by atoms with Crippen molar-refractivity contribution in [2.45, 2.75) is 13.1 Å². The highest BCUT2D eigenvalue weighted by Gasteiger charge is 2.28. The Morgan fingerprint density at radius 2 is 2.05 bits per heavy atom. The molecule has 6 heteroatoms. The average molecular weight is 270 g/mol. The third-order valence-corrected chi connectivity index (χ3v) is 2.49. The summed E-state index contributed by atoms with van der Waals surface area (Å²) in [7, 11) is 0. The van der Waals surface area contributed by atoms with Crippen LogP contribution >= 0.6 is 0 Å². The molecule has 0 saturated heterocycles. The molecule has 1 N–H and O–H groups in total. The Kier molecular flexibility index (Phi) is 3.78. The highest BCUT2D eigenvalue weighted by molar-refractivity contribution is 5.94. The van der Waals surface area contributed by atoms with Crippen molar-refractivity contribution in [3.8, 4) is 5.75 Å². The number of pyridine rings is 1. The predicted octanol–water partition coefficient (Wildman–Crippen LogP) is 3.61. The number of benzene rings is 1. The number of fused-ring (bicyclic) bond motifs is 1. The van der Waals surface area contributed by atoms with Gasteiger partial charge in [-0.15, -0.1) is 0 Å². The van der Waals surface area contributed by atoms with Crippen LogP contribution in [0.5, 0.6) is 5.75 Å². The van der Waals surface area contributed by atoms with Gasteiger partial charge in [-0.3, -0.25) is 4.98 Å². The summed E-state index contributed by atoms with van der Waals surface area (Å²) in [5.41, 5.74) is 1.25. The van der Waals surface area contributed by atoms with Gasteiger partial charge in [0.2, 0.25) is 0 Å². The second-order valence-corrected chi connectivity index (χ2v) is 3.95. The van der Waals surface area contributed by atoms with Crippen LogP contribution in [0.2, 0.25) is 0 Å². The molecule has 102 valence electrons. The zero-order valence-corrected chi connectivity index (χ0v) is 10.3. The normalized spacial score (nSPS) is 11.6. The quantitative estimate of drug-likeness (QED) is 0.921. The maximum absolute atomic E-state index is 12.2. The minimum absolute atomic E-state index is 0.134. The van der Waals surface area contributed by atoms with Crippen LogP contribution in [-0.2, 0) is 0 Å². The smallest absolute Gasteiger partial charge is 0.422 e. The first-order chi connectivity index (χ1) is 9.01. The zero-order valence-electron chi connectivity index (χ0n) is 10.3. The molecule has 1 heterocycles. The van der Waals surface area contributed by atoms with Gasteiger partial charge < -0.3 is 10.1 Å². The van der Waals surface area contributed by atoms with E-state index in [1.54, 1.807) is 24.4 Å². The first-order valence-electron chi connectivity index (χ1n) is 5.82. The summed E-state index contributed by atoms with van der Waals surface area (Å²) in [5, 5.41) is 3.87. The van der Waals surface area contributed by atoms with Crippen LogP contribution < -0.4 is 10.1 Å². The zero-order chi connectivity index (χ0) is 13.9. The van der Waals surface area contributed by atoms with Crippen molar-refractivity contribution in [1.82, 2.24) is 4.98 Å². The van der Waals surface area contributed by atoms with Gasteiger partial charge in [0, 0.05) is 23.8 Å². The van der Waals surface area contributed by atoms with E-state index in [2.05, 4.69) is 10.3 Å². The van der Waals surface area contributed by atoms with E-state index < -0.39 is 12.8 Å². The van der Waals surface area contributed by atoms with Crippen LogP contribution in [0.1, 0.15) is 6.92 Å². The van der Waals surface area contributed by atoms with E-state index in [4.69, 9.17) is 4.74 Å². The predicted molar refractivity (Wildman–Crippen MR) is 67.5 cm³/mol. The number of hydrogen-bond acceptors (Lipinski definition) is 3. The van der Waals surface area contributed by atoms with Gasteiger partial charge in [-0.2, -0.15) is 13.2 Å². The van der Waals surface area contributed by atoms with Crippen molar-refractivity contribution < 1.29 is 17.9 Å². The molecule has 2 rings (SSSR count). The minimum Gasteiger partial charge on any atom is -0.482 e. The molecular formula is C13H13F3N2O.